The normalized spacial score (nSPS) is 11.2. The molecule has 4 nitrogen and oxygen atoms in total. The number of rotatable bonds is 6. The van der Waals surface area contributed by atoms with Crippen LogP contribution in [0.25, 0.3) is 11.0 Å². The predicted molar refractivity (Wildman–Crippen MR) is 102 cm³/mol. The van der Waals surface area contributed by atoms with Gasteiger partial charge in [-0.15, -0.1) is 0 Å². The molecule has 0 aliphatic heterocycles. The van der Waals surface area contributed by atoms with Crippen LogP contribution in [0.1, 0.15) is 30.0 Å². The van der Waals surface area contributed by atoms with Crippen molar-refractivity contribution in [3.8, 4) is 0 Å². The van der Waals surface area contributed by atoms with E-state index in [0.29, 0.717) is 29.5 Å². The quantitative estimate of drug-likeness (QED) is 0.715. The number of carbonyl (C=O) groups excluding carboxylic acids is 1. The summed E-state index contributed by atoms with van der Waals surface area (Å²) in [6.07, 6.45) is 0.695. The molecule has 1 aromatic heterocycles. The molecule has 0 aliphatic rings. The van der Waals surface area contributed by atoms with Gasteiger partial charge in [-0.1, -0.05) is 37.6 Å². The molecule has 0 fully saturated rings. The Balaban J connectivity index is 1.70. The van der Waals surface area contributed by atoms with Crippen LogP contribution in [-0.4, -0.2) is 22.0 Å². The molecular weight excluding hydrogens is 334 g/mol. The summed E-state index contributed by atoms with van der Waals surface area (Å²) in [6.45, 7) is 5.85. The van der Waals surface area contributed by atoms with Crippen LogP contribution >= 0.6 is 11.6 Å². The molecule has 0 aliphatic carbocycles. The monoisotopic (exact) mass is 355 g/mol. The van der Waals surface area contributed by atoms with Gasteiger partial charge in [-0.05, 0) is 42.3 Å². The fourth-order valence-electron chi connectivity index (χ4n) is 2.88. The molecule has 0 atom stereocenters. The van der Waals surface area contributed by atoms with Crippen molar-refractivity contribution in [2.24, 2.45) is 5.92 Å². The number of nitrogens with one attached hydrogen (secondary N) is 1. The number of hydrogen-bond donors (Lipinski definition) is 1. The van der Waals surface area contributed by atoms with E-state index < -0.39 is 0 Å². The fraction of sp³-hybridized carbons (Fsp3) is 0.300. The Morgan fingerprint density at radius 1 is 1.16 bits per heavy atom. The first-order valence-corrected chi connectivity index (χ1v) is 8.90. The average molecular weight is 356 g/mol. The number of nitrogens with zero attached hydrogens (tertiary/aromatic N) is 2. The maximum Gasteiger partial charge on any atom is 0.251 e. The first-order valence-electron chi connectivity index (χ1n) is 8.52. The van der Waals surface area contributed by atoms with Gasteiger partial charge in [0.1, 0.15) is 5.82 Å². The number of benzene rings is 2. The Bertz CT molecular complexity index is 868. The van der Waals surface area contributed by atoms with E-state index in [2.05, 4.69) is 29.8 Å². The van der Waals surface area contributed by atoms with E-state index in [0.717, 1.165) is 23.4 Å². The summed E-state index contributed by atoms with van der Waals surface area (Å²) < 4.78 is 2.26. The van der Waals surface area contributed by atoms with Gasteiger partial charge in [0.15, 0.2) is 0 Å². The van der Waals surface area contributed by atoms with Crippen LogP contribution in [0.15, 0.2) is 48.5 Å². The number of amides is 1. The van der Waals surface area contributed by atoms with E-state index >= 15 is 0 Å². The van der Waals surface area contributed by atoms with Crippen LogP contribution in [0, 0.1) is 5.92 Å². The summed E-state index contributed by atoms with van der Waals surface area (Å²) in [6, 6.07) is 15.1. The Labute approximate surface area is 152 Å². The molecule has 0 unspecified atom stereocenters. The molecule has 1 N–H and O–H groups in total. The second kappa shape index (κ2) is 7.70. The molecular formula is C20H22ClN3O. The van der Waals surface area contributed by atoms with Crippen LogP contribution in [-0.2, 0) is 13.0 Å². The van der Waals surface area contributed by atoms with Gasteiger partial charge in [0, 0.05) is 30.1 Å². The lowest BCUT2D eigenvalue weighted by Gasteiger charge is -2.12. The zero-order valence-corrected chi connectivity index (χ0v) is 15.3. The summed E-state index contributed by atoms with van der Waals surface area (Å²) in [5.74, 6) is 1.44. The van der Waals surface area contributed by atoms with Crippen LogP contribution in [0.3, 0.4) is 0 Å². The number of fused-ring (bicyclic) bond motifs is 1. The minimum Gasteiger partial charge on any atom is -0.352 e. The van der Waals surface area contributed by atoms with Gasteiger partial charge in [-0.3, -0.25) is 4.79 Å². The molecule has 25 heavy (non-hydrogen) atoms. The number of carbonyl (C=O) groups is 1. The number of aromatic nitrogens is 2. The first-order chi connectivity index (χ1) is 12.0. The van der Waals surface area contributed by atoms with Gasteiger partial charge >= 0.3 is 0 Å². The molecule has 0 spiro atoms. The smallest absolute Gasteiger partial charge is 0.251 e. The van der Waals surface area contributed by atoms with Gasteiger partial charge in [0.25, 0.3) is 5.91 Å². The van der Waals surface area contributed by atoms with Gasteiger partial charge in [0.2, 0.25) is 0 Å². The molecule has 0 saturated heterocycles. The second-order valence-corrected chi connectivity index (χ2v) is 6.97. The highest BCUT2D eigenvalue weighted by atomic mass is 35.5. The summed E-state index contributed by atoms with van der Waals surface area (Å²) in [5, 5.41) is 3.58. The molecule has 2 aromatic carbocycles. The van der Waals surface area contributed by atoms with Crippen molar-refractivity contribution >= 4 is 28.5 Å². The SMILES string of the molecule is CC(C)Cn1c(CCNC(=O)c2ccc(Cl)cc2)nc2ccccc21. The van der Waals surface area contributed by atoms with Crippen molar-refractivity contribution in [3.05, 3.63) is 64.9 Å². The van der Waals surface area contributed by atoms with Crippen molar-refractivity contribution in [1.29, 1.82) is 0 Å². The molecule has 1 heterocycles. The average Bonchev–Trinajstić information content (AvgIpc) is 2.93. The number of halogens is 1. The van der Waals surface area contributed by atoms with Gasteiger partial charge in [-0.2, -0.15) is 0 Å². The lowest BCUT2D eigenvalue weighted by atomic mass is 10.2. The number of imidazole rings is 1. The van der Waals surface area contributed by atoms with Gasteiger partial charge in [-0.25, -0.2) is 4.98 Å². The van der Waals surface area contributed by atoms with E-state index in [1.54, 1.807) is 24.3 Å². The topological polar surface area (TPSA) is 46.9 Å². The van der Waals surface area contributed by atoms with Crippen LogP contribution in [0.5, 0.6) is 0 Å². The van der Waals surface area contributed by atoms with E-state index in [4.69, 9.17) is 16.6 Å². The lowest BCUT2D eigenvalue weighted by molar-refractivity contribution is 0.0954. The summed E-state index contributed by atoms with van der Waals surface area (Å²) >= 11 is 5.86. The third-order valence-electron chi connectivity index (χ3n) is 4.02. The van der Waals surface area contributed by atoms with Crippen molar-refractivity contribution in [2.45, 2.75) is 26.8 Å². The summed E-state index contributed by atoms with van der Waals surface area (Å²) in [4.78, 5) is 16.9. The Kier molecular flexibility index (Phi) is 5.39. The fourth-order valence-corrected chi connectivity index (χ4v) is 3.00. The molecule has 0 radical (unpaired) electrons. The maximum atomic E-state index is 12.2. The van der Waals surface area contributed by atoms with E-state index in [9.17, 15) is 4.79 Å². The first kappa shape index (κ1) is 17.5. The predicted octanol–water partition coefficient (Wildman–Crippen LogP) is 4.32. The Morgan fingerprint density at radius 2 is 1.88 bits per heavy atom. The van der Waals surface area contributed by atoms with Crippen molar-refractivity contribution in [3.63, 3.8) is 0 Å². The van der Waals surface area contributed by atoms with Gasteiger partial charge in [0.05, 0.1) is 11.0 Å². The zero-order chi connectivity index (χ0) is 17.8. The zero-order valence-electron chi connectivity index (χ0n) is 14.5. The van der Waals surface area contributed by atoms with Crippen molar-refractivity contribution in [1.82, 2.24) is 14.9 Å². The highest BCUT2D eigenvalue weighted by Crippen LogP contribution is 2.18. The number of para-hydroxylation sites is 2. The van der Waals surface area contributed by atoms with Crippen molar-refractivity contribution < 1.29 is 4.79 Å². The van der Waals surface area contributed by atoms with Crippen LogP contribution < -0.4 is 5.32 Å². The summed E-state index contributed by atoms with van der Waals surface area (Å²) in [7, 11) is 0. The molecule has 3 rings (SSSR count). The third kappa shape index (κ3) is 4.20. The molecule has 1 amide bonds. The van der Waals surface area contributed by atoms with Crippen LogP contribution in [0.4, 0.5) is 0 Å². The lowest BCUT2D eigenvalue weighted by Crippen LogP contribution is -2.26. The molecule has 5 heteroatoms. The summed E-state index contributed by atoms with van der Waals surface area (Å²) in [5.41, 5.74) is 2.76. The minimum atomic E-state index is -0.0943. The Hall–Kier alpha value is -2.33. The Morgan fingerprint density at radius 3 is 2.60 bits per heavy atom. The van der Waals surface area contributed by atoms with E-state index in [-0.39, 0.29) is 5.91 Å². The highest BCUT2D eigenvalue weighted by molar-refractivity contribution is 6.30. The maximum absolute atomic E-state index is 12.2. The van der Waals surface area contributed by atoms with Gasteiger partial charge < -0.3 is 9.88 Å². The number of hydrogen-bond acceptors (Lipinski definition) is 2. The highest BCUT2D eigenvalue weighted by Gasteiger charge is 2.12. The molecule has 0 saturated carbocycles. The largest absolute Gasteiger partial charge is 0.352 e. The molecule has 0 bridgehead atoms. The standard InChI is InChI=1S/C20H22ClN3O/c1-14(2)13-24-18-6-4-3-5-17(18)23-19(24)11-12-22-20(25)15-7-9-16(21)10-8-15/h3-10,14H,11-13H2,1-2H3,(H,22,25). The molecule has 3 aromatic rings. The van der Waals surface area contributed by atoms with Crippen LogP contribution in [0.2, 0.25) is 5.02 Å². The molecule has 130 valence electrons. The van der Waals surface area contributed by atoms with E-state index in [1.165, 1.54) is 0 Å². The second-order valence-electron chi connectivity index (χ2n) is 6.53. The minimum absolute atomic E-state index is 0.0943. The third-order valence-corrected chi connectivity index (χ3v) is 4.27. The van der Waals surface area contributed by atoms with E-state index in [1.807, 2.05) is 18.2 Å². The van der Waals surface area contributed by atoms with Crippen molar-refractivity contribution in [2.75, 3.05) is 6.54 Å².